The number of rotatable bonds is 4. The molecule has 26 heavy (non-hydrogen) atoms. The van der Waals surface area contributed by atoms with E-state index in [1.807, 2.05) is 18.3 Å². The lowest BCUT2D eigenvalue weighted by atomic mass is 10.1. The van der Waals surface area contributed by atoms with E-state index in [0.717, 1.165) is 22.9 Å². The van der Waals surface area contributed by atoms with Crippen molar-refractivity contribution >= 4 is 63.5 Å². The number of amides is 1. The molecule has 2 aromatic heterocycles. The average Bonchev–Trinajstić information content (AvgIpc) is 3.06. The summed E-state index contributed by atoms with van der Waals surface area (Å²) in [7, 11) is 0. The minimum absolute atomic E-state index is 0.00207. The number of halogens is 3. The van der Waals surface area contributed by atoms with Gasteiger partial charge in [-0.1, -0.05) is 59.9 Å². The first-order chi connectivity index (χ1) is 12.4. The van der Waals surface area contributed by atoms with Gasteiger partial charge in [0.05, 0.1) is 16.9 Å². The molecule has 4 N–H and O–H groups in total. The van der Waals surface area contributed by atoms with E-state index in [2.05, 4.69) is 33.5 Å². The van der Waals surface area contributed by atoms with E-state index in [4.69, 9.17) is 40.5 Å². The van der Waals surface area contributed by atoms with E-state index in [0.29, 0.717) is 0 Å². The normalized spacial score (nSPS) is 11.4. The number of benzene rings is 1. The molecule has 6 nitrogen and oxygen atoms in total. The standard InChI is InChI=1S/C17H14Cl3N5O/c1-2-8-4-3-5-10-9(6-22-14(8)10)7-23-25-17(26)15-11(18)13(21)12(19)16(20)24-15/h3-7,22H,2H2,1H3,(H2,21,24)(H,25,26). The molecule has 0 unspecified atom stereocenters. The number of nitrogens with one attached hydrogen (secondary N) is 2. The van der Waals surface area contributed by atoms with Crippen LogP contribution in [0, 0.1) is 0 Å². The Morgan fingerprint density at radius 3 is 2.85 bits per heavy atom. The van der Waals surface area contributed by atoms with E-state index >= 15 is 0 Å². The summed E-state index contributed by atoms with van der Waals surface area (Å²) in [6.45, 7) is 2.09. The Hall–Kier alpha value is -2.28. The Morgan fingerprint density at radius 1 is 1.35 bits per heavy atom. The Labute approximate surface area is 164 Å². The van der Waals surface area contributed by atoms with Crippen molar-refractivity contribution in [2.75, 3.05) is 5.73 Å². The quantitative estimate of drug-likeness (QED) is 0.337. The zero-order chi connectivity index (χ0) is 18.8. The fraction of sp³-hybridized carbons (Fsp3) is 0.118. The average molecular weight is 411 g/mol. The van der Waals surface area contributed by atoms with E-state index in [9.17, 15) is 4.79 Å². The number of carbonyl (C=O) groups excluding carboxylic acids is 1. The van der Waals surface area contributed by atoms with Crippen molar-refractivity contribution in [2.24, 2.45) is 5.10 Å². The van der Waals surface area contributed by atoms with Crippen LogP contribution in [-0.4, -0.2) is 22.1 Å². The van der Waals surface area contributed by atoms with Crippen molar-refractivity contribution in [3.63, 3.8) is 0 Å². The number of aromatic amines is 1. The van der Waals surface area contributed by atoms with Crippen molar-refractivity contribution in [2.45, 2.75) is 13.3 Å². The number of nitrogen functional groups attached to an aromatic ring is 1. The van der Waals surface area contributed by atoms with E-state index in [-0.39, 0.29) is 26.6 Å². The maximum absolute atomic E-state index is 12.2. The molecule has 0 saturated carbocycles. The SMILES string of the molecule is CCc1cccc2c(C=NNC(=O)c3nc(Cl)c(Cl)c(N)c3Cl)c[nH]c12. The minimum Gasteiger partial charge on any atom is -0.396 e. The Kier molecular flexibility index (Phi) is 5.36. The highest BCUT2D eigenvalue weighted by Crippen LogP contribution is 2.34. The second-order valence-corrected chi connectivity index (χ2v) is 6.54. The number of pyridine rings is 1. The number of hydrogen-bond donors (Lipinski definition) is 3. The van der Waals surface area contributed by atoms with Crippen LogP contribution in [0.1, 0.15) is 28.5 Å². The van der Waals surface area contributed by atoms with Gasteiger partial charge in [0.25, 0.3) is 5.91 Å². The molecule has 0 spiro atoms. The molecule has 134 valence electrons. The first-order valence-corrected chi connectivity index (χ1v) is 8.79. The molecular formula is C17H14Cl3N5O. The van der Waals surface area contributed by atoms with Crippen LogP contribution in [0.3, 0.4) is 0 Å². The molecule has 0 saturated heterocycles. The van der Waals surface area contributed by atoms with Gasteiger partial charge in [-0.2, -0.15) is 5.10 Å². The maximum atomic E-state index is 12.2. The van der Waals surface area contributed by atoms with Crippen molar-refractivity contribution < 1.29 is 4.79 Å². The van der Waals surface area contributed by atoms with Gasteiger partial charge >= 0.3 is 0 Å². The number of nitrogens with two attached hydrogens (primary N) is 1. The van der Waals surface area contributed by atoms with Crippen LogP contribution < -0.4 is 11.2 Å². The lowest BCUT2D eigenvalue weighted by molar-refractivity contribution is 0.0950. The van der Waals surface area contributed by atoms with Gasteiger partial charge in [0.15, 0.2) is 10.8 Å². The monoisotopic (exact) mass is 409 g/mol. The van der Waals surface area contributed by atoms with Gasteiger partial charge in [0.1, 0.15) is 5.02 Å². The Balaban J connectivity index is 1.83. The lowest BCUT2D eigenvalue weighted by Crippen LogP contribution is -2.20. The summed E-state index contributed by atoms with van der Waals surface area (Å²) < 4.78 is 0. The molecule has 9 heteroatoms. The molecule has 1 amide bonds. The highest BCUT2D eigenvalue weighted by Gasteiger charge is 2.19. The first kappa shape index (κ1) is 18.5. The number of hydrazone groups is 1. The van der Waals surface area contributed by atoms with Gasteiger partial charge < -0.3 is 10.7 Å². The molecule has 1 aromatic carbocycles. The number of para-hydroxylation sites is 1. The van der Waals surface area contributed by atoms with Crippen molar-refractivity contribution in [3.05, 3.63) is 56.4 Å². The van der Waals surface area contributed by atoms with E-state index in [1.54, 1.807) is 0 Å². The number of H-pyrrole nitrogens is 1. The van der Waals surface area contributed by atoms with Crippen LogP contribution >= 0.6 is 34.8 Å². The lowest BCUT2D eigenvalue weighted by Gasteiger charge is -2.07. The molecule has 0 bridgehead atoms. The summed E-state index contributed by atoms with van der Waals surface area (Å²) in [4.78, 5) is 19.3. The minimum atomic E-state index is -0.648. The van der Waals surface area contributed by atoms with Gasteiger partial charge in [0, 0.05) is 22.7 Å². The molecule has 3 rings (SSSR count). The van der Waals surface area contributed by atoms with Gasteiger partial charge in [-0.3, -0.25) is 4.79 Å². The van der Waals surface area contributed by atoms with Gasteiger partial charge in [-0.15, -0.1) is 0 Å². The zero-order valence-electron chi connectivity index (χ0n) is 13.6. The summed E-state index contributed by atoms with van der Waals surface area (Å²) in [6, 6.07) is 6.02. The number of anilines is 1. The molecule has 0 aliphatic heterocycles. The highest BCUT2D eigenvalue weighted by molar-refractivity contribution is 6.46. The van der Waals surface area contributed by atoms with Crippen molar-refractivity contribution in [3.8, 4) is 0 Å². The van der Waals surface area contributed by atoms with Crippen LogP contribution in [-0.2, 0) is 6.42 Å². The summed E-state index contributed by atoms with van der Waals surface area (Å²) in [5, 5.41) is 4.79. The number of fused-ring (bicyclic) bond motifs is 1. The molecule has 0 radical (unpaired) electrons. The maximum Gasteiger partial charge on any atom is 0.291 e. The molecule has 0 aliphatic rings. The van der Waals surface area contributed by atoms with Crippen molar-refractivity contribution in [1.82, 2.24) is 15.4 Å². The van der Waals surface area contributed by atoms with Gasteiger partial charge in [-0.05, 0) is 12.0 Å². The third-order valence-corrected chi connectivity index (χ3v) is 5.01. The number of carbonyl (C=O) groups is 1. The molecule has 0 atom stereocenters. The predicted octanol–water partition coefficient (Wildman–Crippen LogP) is 4.43. The largest absolute Gasteiger partial charge is 0.396 e. The fourth-order valence-corrected chi connectivity index (χ4v) is 3.13. The predicted molar refractivity (Wildman–Crippen MR) is 106 cm³/mol. The van der Waals surface area contributed by atoms with Crippen molar-refractivity contribution in [1.29, 1.82) is 0 Å². The van der Waals surface area contributed by atoms with E-state index in [1.165, 1.54) is 11.8 Å². The van der Waals surface area contributed by atoms with Crippen LogP contribution in [0.25, 0.3) is 10.9 Å². The van der Waals surface area contributed by atoms with Gasteiger partial charge in [0.2, 0.25) is 0 Å². The molecule has 0 aliphatic carbocycles. The van der Waals surface area contributed by atoms with Crippen LogP contribution in [0.15, 0.2) is 29.5 Å². The summed E-state index contributed by atoms with van der Waals surface area (Å²) in [5.41, 5.74) is 11.0. The molecule has 0 fully saturated rings. The first-order valence-electron chi connectivity index (χ1n) is 7.66. The second-order valence-electron chi connectivity index (χ2n) is 5.43. The highest BCUT2D eigenvalue weighted by atomic mass is 35.5. The van der Waals surface area contributed by atoms with Crippen LogP contribution in [0.2, 0.25) is 15.2 Å². The Bertz CT molecular complexity index is 1030. The molecule has 3 aromatic rings. The summed E-state index contributed by atoms with van der Waals surface area (Å²) in [6.07, 6.45) is 4.26. The van der Waals surface area contributed by atoms with Crippen LogP contribution in [0.4, 0.5) is 5.69 Å². The zero-order valence-corrected chi connectivity index (χ0v) is 15.9. The van der Waals surface area contributed by atoms with Gasteiger partial charge in [-0.25, -0.2) is 10.4 Å². The third kappa shape index (κ3) is 3.35. The summed E-state index contributed by atoms with van der Waals surface area (Å²) in [5.74, 6) is -0.648. The number of nitrogens with zero attached hydrogens (tertiary/aromatic N) is 2. The topological polar surface area (TPSA) is 96.2 Å². The third-order valence-electron chi connectivity index (χ3n) is 3.87. The fourth-order valence-electron chi connectivity index (χ4n) is 2.54. The summed E-state index contributed by atoms with van der Waals surface area (Å²) >= 11 is 17.7. The second kappa shape index (κ2) is 7.53. The smallest absolute Gasteiger partial charge is 0.291 e. The number of hydrogen-bond acceptors (Lipinski definition) is 4. The number of aromatic nitrogens is 2. The molecular weight excluding hydrogens is 397 g/mol. The Morgan fingerprint density at radius 2 is 2.12 bits per heavy atom. The van der Waals surface area contributed by atoms with Crippen LogP contribution in [0.5, 0.6) is 0 Å². The van der Waals surface area contributed by atoms with E-state index < -0.39 is 5.91 Å². The number of aryl methyl sites for hydroxylation is 1. The molecule has 2 heterocycles.